The van der Waals surface area contributed by atoms with Crippen molar-refractivity contribution in [2.75, 3.05) is 0 Å². The molecule has 1 atom stereocenters. The van der Waals surface area contributed by atoms with Crippen LogP contribution in [0.1, 0.15) is 36.4 Å². The quantitative estimate of drug-likeness (QED) is 0.395. The summed E-state index contributed by atoms with van der Waals surface area (Å²) in [6.45, 7) is 0. The summed E-state index contributed by atoms with van der Waals surface area (Å²) in [5.74, 6) is -1.50. The SMILES string of the molecule is O=C(O)CCC(=O)N1N=C(c2c(-c3ccc(Cl)cc3)c3ccccc3[nH]c2=O)CC1c1ccncc1. The average Bonchev–Trinajstić information content (AvgIpc) is 3.32. The zero-order chi connectivity index (χ0) is 25.2. The molecule has 5 rings (SSSR count). The summed E-state index contributed by atoms with van der Waals surface area (Å²) < 4.78 is 0. The zero-order valence-electron chi connectivity index (χ0n) is 19.0. The van der Waals surface area contributed by atoms with Crippen molar-refractivity contribution in [2.45, 2.75) is 25.3 Å². The van der Waals surface area contributed by atoms with Crippen molar-refractivity contribution in [1.29, 1.82) is 0 Å². The number of benzene rings is 2. The Morgan fingerprint density at radius 3 is 2.44 bits per heavy atom. The Balaban J connectivity index is 1.68. The number of para-hydroxylation sites is 1. The summed E-state index contributed by atoms with van der Waals surface area (Å²) in [6, 6.07) is 17.8. The van der Waals surface area contributed by atoms with Crippen molar-refractivity contribution < 1.29 is 14.7 Å². The number of amides is 1. The number of halogens is 1. The minimum Gasteiger partial charge on any atom is -0.481 e. The van der Waals surface area contributed by atoms with Crippen LogP contribution in [0, 0.1) is 0 Å². The first-order valence-electron chi connectivity index (χ1n) is 11.3. The number of aliphatic carboxylic acids is 1. The molecule has 0 radical (unpaired) electrons. The van der Waals surface area contributed by atoms with Crippen LogP contribution in [0.15, 0.2) is 83.0 Å². The van der Waals surface area contributed by atoms with E-state index in [-0.39, 0.29) is 24.8 Å². The van der Waals surface area contributed by atoms with Gasteiger partial charge in [-0.2, -0.15) is 5.10 Å². The summed E-state index contributed by atoms with van der Waals surface area (Å²) in [7, 11) is 0. The number of aromatic amines is 1. The number of nitrogens with zero attached hydrogens (tertiary/aromatic N) is 3. The molecule has 0 saturated heterocycles. The number of carbonyl (C=O) groups excluding carboxylic acids is 1. The molecule has 8 nitrogen and oxygen atoms in total. The number of rotatable bonds is 6. The zero-order valence-corrected chi connectivity index (χ0v) is 19.8. The third kappa shape index (κ3) is 4.50. The first-order valence-corrected chi connectivity index (χ1v) is 11.7. The minimum absolute atomic E-state index is 0.203. The molecule has 2 aromatic carbocycles. The first kappa shape index (κ1) is 23.4. The molecule has 1 amide bonds. The number of pyridine rings is 2. The highest BCUT2D eigenvalue weighted by Gasteiger charge is 2.35. The van der Waals surface area contributed by atoms with Gasteiger partial charge in [0.15, 0.2) is 0 Å². The highest BCUT2D eigenvalue weighted by molar-refractivity contribution is 6.30. The lowest BCUT2D eigenvalue weighted by Gasteiger charge is -2.21. The van der Waals surface area contributed by atoms with Crippen LogP contribution in [0.4, 0.5) is 0 Å². The Bertz CT molecular complexity index is 1550. The maximum atomic E-state index is 13.5. The standard InChI is InChI=1S/C27H21ClN4O4/c28-18-7-5-17(6-8-18)25-19-3-1-2-4-20(19)30-27(36)26(25)21-15-22(16-11-13-29-14-12-16)32(31-21)23(33)9-10-24(34)35/h1-8,11-14,22H,9-10,15H2,(H,30,36)(H,34,35). The van der Waals surface area contributed by atoms with E-state index in [1.807, 2.05) is 36.4 Å². The van der Waals surface area contributed by atoms with Crippen LogP contribution < -0.4 is 5.56 Å². The largest absolute Gasteiger partial charge is 0.481 e. The van der Waals surface area contributed by atoms with Gasteiger partial charge in [0.2, 0.25) is 5.91 Å². The maximum Gasteiger partial charge on any atom is 0.303 e. The Morgan fingerprint density at radius 1 is 1.00 bits per heavy atom. The third-order valence-corrected chi connectivity index (χ3v) is 6.40. The number of carbonyl (C=O) groups is 2. The molecule has 1 aliphatic rings. The Hall–Kier alpha value is -4.30. The Morgan fingerprint density at radius 2 is 1.72 bits per heavy atom. The van der Waals surface area contributed by atoms with Crippen LogP contribution in [0.25, 0.3) is 22.0 Å². The fourth-order valence-corrected chi connectivity index (χ4v) is 4.63. The van der Waals surface area contributed by atoms with Gasteiger partial charge in [-0.05, 0) is 41.5 Å². The monoisotopic (exact) mass is 500 g/mol. The normalized spacial score (nSPS) is 15.2. The van der Waals surface area contributed by atoms with E-state index in [9.17, 15) is 14.4 Å². The number of fused-ring (bicyclic) bond motifs is 1. The van der Waals surface area contributed by atoms with Gasteiger partial charge in [0.25, 0.3) is 5.56 Å². The molecule has 1 aliphatic heterocycles. The number of hydrogen-bond acceptors (Lipinski definition) is 5. The predicted octanol–water partition coefficient (Wildman–Crippen LogP) is 4.79. The van der Waals surface area contributed by atoms with Crippen LogP contribution in [0.3, 0.4) is 0 Å². The van der Waals surface area contributed by atoms with E-state index < -0.39 is 17.9 Å². The molecule has 0 aliphatic carbocycles. The summed E-state index contributed by atoms with van der Waals surface area (Å²) in [4.78, 5) is 44.6. The van der Waals surface area contributed by atoms with Crippen LogP contribution in [-0.2, 0) is 9.59 Å². The summed E-state index contributed by atoms with van der Waals surface area (Å²) in [6.07, 6.45) is 3.01. The first-order chi connectivity index (χ1) is 17.4. The minimum atomic E-state index is -1.07. The van der Waals surface area contributed by atoms with Gasteiger partial charge in [-0.15, -0.1) is 0 Å². The van der Waals surface area contributed by atoms with E-state index >= 15 is 0 Å². The molecule has 1 unspecified atom stereocenters. The molecule has 9 heteroatoms. The van der Waals surface area contributed by atoms with Gasteiger partial charge in [0, 0.05) is 46.7 Å². The van der Waals surface area contributed by atoms with Gasteiger partial charge in [0.05, 0.1) is 23.7 Å². The second kappa shape index (κ2) is 9.75. The molecule has 180 valence electrons. The average molecular weight is 501 g/mol. The summed E-state index contributed by atoms with van der Waals surface area (Å²) in [5.41, 5.74) is 3.42. The Labute approximate surface area is 210 Å². The topological polar surface area (TPSA) is 116 Å². The van der Waals surface area contributed by atoms with Crippen molar-refractivity contribution in [3.8, 4) is 11.1 Å². The molecule has 2 aromatic heterocycles. The third-order valence-electron chi connectivity index (χ3n) is 6.15. The van der Waals surface area contributed by atoms with Crippen molar-refractivity contribution in [2.24, 2.45) is 5.10 Å². The lowest BCUT2D eigenvalue weighted by Crippen LogP contribution is -2.27. The fourth-order valence-electron chi connectivity index (χ4n) is 4.50. The van der Waals surface area contributed by atoms with Gasteiger partial charge >= 0.3 is 5.97 Å². The molecule has 0 bridgehead atoms. The number of aromatic nitrogens is 2. The molecular formula is C27H21ClN4O4. The van der Waals surface area contributed by atoms with Crippen molar-refractivity contribution in [3.05, 3.63) is 99.6 Å². The van der Waals surface area contributed by atoms with E-state index in [0.29, 0.717) is 27.4 Å². The van der Waals surface area contributed by atoms with E-state index in [1.165, 1.54) is 5.01 Å². The van der Waals surface area contributed by atoms with Gasteiger partial charge < -0.3 is 10.1 Å². The molecule has 0 spiro atoms. The van der Waals surface area contributed by atoms with E-state index in [4.69, 9.17) is 16.7 Å². The van der Waals surface area contributed by atoms with Crippen LogP contribution in [0.2, 0.25) is 5.02 Å². The number of H-pyrrole nitrogens is 1. The fraction of sp³-hybridized carbons (Fsp3) is 0.148. The molecular weight excluding hydrogens is 480 g/mol. The van der Waals surface area contributed by atoms with E-state index in [1.54, 1.807) is 36.7 Å². The lowest BCUT2D eigenvalue weighted by molar-refractivity contribution is -0.141. The number of hydrazone groups is 1. The molecule has 0 fully saturated rings. The van der Waals surface area contributed by atoms with Crippen LogP contribution >= 0.6 is 11.6 Å². The summed E-state index contributed by atoms with van der Waals surface area (Å²) in [5, 5.41) is 16.4. The van der Waals surface area contributed by atoms with Crippen molar-refractivity contribution in [3.63, 3.8) is 0 Å². The smallest absolute Gasteiger partial charge is 0.303 e. The van der Waals surface area contributed by atoms with Crippen molar-refractivity contribution >= 4 is 40.1 Å². The maximum absolute atomic E-state index is 13.5. The van der Waals surface area contributed by atoms with E-state index in [2.05, 4.69) is 15.1 Å². The van der Waals surface area contributed by atoms with Gasteiger partial charge in [-0.3, -0.25) is 19.4 Å². The predicted molar refractivity (Wildman–Crippen MR) is 137 cm³/mol. The highest BCUT2D eigenvalue weighted by Crippen LogP contribution is 2.37. The molecule has 4 aromatic rings. The van der Waals surface area contributed by atoms with Crippen LogP contribution in [0.5, 0.6) is 0 Å². The van der Waals surface area contributed by atoms with Gasteiger partial charge in [0.1, 0.15) is 0 Å². The highest BCUT2D eigenvalue weighted by atomic mass is 35.5. The number of nitrogens with one attached hydrogen (secondary N) is 1. The molecule has 36 heavy (non-hydrogen) atoms. The molecule has 2 N–H and O–H groups in total. The number of hydrogen-bond donors (Lipinski definition) is 2. The number of carboxylic acids is 1. The number of carboxylic acid groups (broad SMARTS) is 1. The van der Waals surface area contributed by atoms with Gasteiger partial charge in [-0.25, -0.2) is 5.01 Å². The van der Waals surface area contributed by atoms with Crippen molar-refractivity contribution in [1.82, 2.24) is 15.0 Å². The van der Waals surface area contributed by atoms with Crippen LogP contribution in [-0.4, -0.2) is 37.7 Å². The second-order valence-corrected chi connectivity index (χ2v) is 8.87. The van der Waals surface area contributed by atoms with Gasteiger partial charge in [-0.1, -0.05) is 41.9 Å². The lowest BCUT2D eigenvalue weighted by atomic mass is 9.91. The van der Waals surface area contributed by atoms with E-state index in [0.717, 1.165) is 16.5 Å². The second-order valence-electron chi connectivity index (χ2n) is 8.44. The molecule has 0 saturated carbocycles. The Kier molecular flexibility index (Phi) is 6.35. The molecule has 3 heterocycles. The summed E-state index contributed by atoms with van der Waals surface area (Å²) >= 11 is 6.13.